The number of hydrogen-bond donors (Lipinski definition) is 1. The van der Waals surface area contributed by atoms with Gasteiger partial charge in [-0.25, -0.2) is 4.79 Å². The van der Waals surface area contributed by atoms with Crippen molar-refractivity contribution in [1.29, 1.82) is 0 Å². The fourth-order valence-corrected chi connectivity index (χ4v) is 7.76. The van der Waals surface area contributed by atoms with Crippen molar-refractivity contribution in [3.05, 3.63) is 149 Å². The Bertz CT molecular complexity index is 2060. The van der Waals surface area contributed by atoms with Crippen LogP contribution in [0.1, 0.15) is 60.3 Å². The second-order valence-electron chi connectivity index (χ2n) is 13.1. The van der Waals surface area contributed by atoms with E-state index in [-0.39, 0.29) is 10.8 Å². The van der Waals surface area contributed by atoms with Gasteiger partial charge in [-0.1, -0.05) is 113 Å². The number of aromatic carboxylic acids is 1. The Hall–Kier alpha value is -5.15. The van der Waals surface area contributed by atoms with Crippen LogP contribution in [-0.2, 0) is 10.8 Å². The molecule has 6 aromatic carbocycles. The molecule has 0 saturated heterocycles. The molecule has 0 unspecified atom stereocenters. The van der Waals surface area contributed by atoms with E-state index >= 15 is 0 Å². The van der Waals surface area contributed by atoms with Gasteiger partial charge in [-0.15, -0.1) is 0 Å². The number of rotatable bonds is 4. The molecule has 0 saturated carbocycles. The van der Waals surface area contributed by atoms with Crippen LogP contribution in [0.15, 0.2) is 121 Å². The molecule has 6 aromatic rings. The topological polar surface area (TPSA) is 40.5 Å². The van der Waals surface area contributed by atoms with Gasteiger partial charge in [0, 0.05) is 27.6 Å². The average molecular weight is 572 g/mol. The lowest BCUT2D eigenvalue weighted by Gasteiger charge is -2.30. The van der Waals surface area contributed by atoms with Crippen LogP contribution in [0.5, 0.6) is 0 Å². The van der Waals surface area contributed by atoms with Gasteiger partial charge in [-0.2, -0.15) is 0 Å². The first-order valence-corrected chi connectivity index (χ1v) is 15.2. The lowest BCUT2D eigenvalue weighted by atomic mass is 9.82. The predicted octanol–water partition coefficient (Wildman–Crippen LogP) is 10.6. The van der Waals surface area contributed by atoms with Gasteiger partial charge in [0.05, 0.1) is 11.3 Å². The number of fused-ring (bicyclic) bond motifs is 7. The molecule has 8 rings (SSSR count). The summed E-state index contributed by atoms with van der Waals surface area (Å²) in [6.07, 6.45) is 0. The van der Waals surface area contributed by atoms with E-state index in [4.69, 9.17) is 0 Å². The van der Waals surface area contributed by atoms with E-state index < -0.39 is 5.97 Å². The summed E-state index contributed by atoms with van der Waals surface area (Å²) in [6.45, 7) is 9.21. The quantitative estimate of drug-likeness (QED) is 0.229. The minimum Gasteiger partial charge on any atom is -0.478 e. The lowest BCUT2D eigenvalue weighted by Crippen LogP contribution is -2.18. The third kappa shape index (κ3) is 3.59. The fraction of sp³-hybridized carbons (Fsp3) is 0.146. The van der Waals surface area contributed by atoms with Crippen LogP contribution >= 0.6 is 0 Å². The van der Waals surface area contributed by atoms with E-state index in [0.717, 1.165) is 27.8 Å². The van der Waals surface area contributed by atoms with Gasteiger partial charge in [0.25, 0.3) is 0 Å². The maximum absolute atomic E-state index is 12.2. The van der Waals surface area contributed by atoms with E-state index in [0.29, 0.717) is 5.56 Å². The van der Waals surface area contributed by atoms with E-state index in [9.17, 15) is 9.90 Å². The maximum atomic E-state index is 12.2. The fourth-order valence-electron chi connectivity index (χ4n) is 7.76. The van der Waals surface area contributed by atoms with Crippen molar-refractivity contribution < 1.29 is 9.90 Å². The normalized spacial score (nSPS) is 14.9. The zero-order valence-corrected chi connectivity index (χ0v) is 25.3. The van der Waals surface area contributed by atoms with Crippen LogP contribution < -0.4 is 4.90 Å². The summed E-state index contributed by atoms with van der Waals surface area (Å²) in [5, 5.41) is 11.7. The molecule has 0 radical (unpaired) electrons. The second-order valence-corrected chi connectivity index (χ2v) is 13.1. The molecular formula is C41H33NO2. The third-order valence-electron chi connectivity index (χ3n) is 10.0. The minimum atomic E-state index is -0.923. The minimum absolute atomic E-state index is 0.148. The summed E-state index contributed by atoms with van der Waals surface area (Å²) in [6, 6.07) is 42.6. The van der Waals surface area contributed by atoms with Crippen LogP contribution in [0.3, 0.4) is 0 Å². The van der Waals surface area contributed by atoms with Crippen molar-refractivity contribution in [2.45, 2.75) is 38.5 Å². The van der Waals surface area contributed by atoms with E-state index in [2.05, 4.69) is 124 Å². The summed E-state index contributed by atoms with van der Waals surface area (Å²) in [7, 11) is 0. The SMILES string of the molecule is CC1(C)c2ccccc2-c2ccc(N(c3ccc4c(c3)C(C)(C)c3ccccc3-4)c3cccc4c(C(=O)O)cccc34)cc21. The van der Waals surface area contributed by atoms with Gasteiger partial charge in [-0.05, 0) is 86.3 Å². The largest absolute Gasteiger partial charge is 0.478 e. The van der Waals surface area contributed by atoms with Gasteiger partial charge in [0.15, 0.2) is 0 Å². The predicted molar refractivity (Wildman–Crippen MR) is 181 cm³/mol. The number of hydrogen-bond acceptors (Lipinski definition) is 2. The Morgan fingerprint density at radius 2 is 1.00 bits per heavy atom. The first-order valence-electron chi connectivity index (χ1n) is 15.2. The summed E-state index contributed by atoms with van der Waals surface area (Å²) >= 11 is 0. The molecule has 0 heterocycles. The summed E-state index contributed by atoms with van der Waals surface area (Å²) < 4.78 is 0. The molecule has 0 aromatic heterocycles. The van der Waals surface area contributed by atoms with Crippen LogP contribution in [0.25, 0.3) is 33.0 Å². The van der Waals surface area contributed by atoms with Crippen LogP contribution in [0, 0.1) is 0 Å². The zero-order valence-electron chi connectivity index (χ0n) is 25.3. The van der Waals surface area contributed by atoms with Crippen molar-refractivity contribution in [2.24, 2.45) is 0 Å². The van der Waals surface area contributed by atoms with Crippen molar-refractivity contribution in [1.82, 2.24) is 0 Å². The molecule has 0 bridgehead atoms. The molecule has 44 heavy (non-hydrogen) atoms. The first-order chi connectivity index (χ1) is 21.2. The van der Waals surface area contributed by atoms with E-state index in [1.54, 1.807) is 6.07 Å². The molecule has 3 heteroatoms. The molecule has 2 aliphatic carbocycles. The van der Waals surface area contributed by atoms with Gasteiger partial charge in [0.1, 0.15) is 0 Å². The number of carbonyl (C=O) groups is 1. The second kappa shape index (κ2) is 9.17. The average Bonchev–Trinajstić information content (AvgIpc) is 3.40. The van der Waals surface area contributed by atoms with Crippen molar-refractivity contribution in [2.75, 3.05) is 4.90 Å². The lowest BCUT2D eigenvalue weighted by molar-refractivity contribution is 0.0699. The summed E-state index contributed by atoms with van der Waals surface area (Å²) in [5.74, 6) is -0.923. The number of carboxylic acid groups (broad SMARTS) is 1. The molecule has 1 N–H and O–H groups in total. The number of nitrogens with zero attached hydrogens (tertiary/aromatic N) is 1. The highest BCUT2D eigenvalue weighted by atomic mass is 16.4. The van der Waals surface area contributed by atoms with Gasteiger partial charge in [0.2, 0.25) is 0 Å². The standard InChI is InChI=1S/C41H33NO2/c1-40(2)34-16-7-5-11-28(34)30-21-19-25(23-36(30)40)42(38-18-10-13-27-32(38)14-9-15-33(27)39(43)44)26-20-22-31-29-12-6-8-17-35(29)41(3,4)37(31)24-26/h5-24H,1-4H3,(H,43,44). The highest BCUT2D eigenvalue weighted by Gasteiger charge is 2.37. The third-order valence-corrected chi connectivity index (χ3v) is 10.0. The summed E-state index contributed by atoms with van der Waals surface area (Å²) in [4.78, 5) is 14.5. The van der Waals surface area contributed by atoms with Crippen LogP contribution in [-0.4, -0.2) is 11.1 Å². The number of carboxylic acids is 1. The Balaban J connectivity index is 1.39. The van der Waals surface area contributed by atoms with Crippen molar-refractivity contribution in [3.63, 3.8) is 0 Å². The number of anilines is 3. The van der Waals surface area contributed by atoms with Crippen LogP contribution in [0.4, 0.5) is 17.1 Å². The molecule has 0 spiro atoms. The Kier molecular flexibility index (Phi) is 5.52. The molecule has 0 fully saturated rings. The maximum Gasteiger partial charge on any atom is 0.336 e. The number of benzene rings is 6. The van der Waals surface area contributed by atoms with Gasteiger partial charge in [-0.3, -0.25) is 0 Å². The molecule has 2 aliphatic rings. The smallest absolute Gasteiger partial charge is 0.336 e. The molecular weight excluding hydrogens is 538 g/mol. The molecule has 214 valence electrons. The van der Waals surface area contributed by atoms with Crippen LogP contribution in [0.2, 0.25) is 0 Å². The van der Waals surface area contributed by atoms with E-state index in [1.165, 1.54) is 44.5 Å². The highest BCUT2D eigenvalue weighted by molar-refractivity contribution is 6.09. The van der Waals surface area contributed by atoms with Gasteiger partial charge < -0.3 is 10.0 Å². The van der Waals surface area contributed by atoms with E-state index in [1.807, 2.05) is 24.3 Å². The highest BCUT2D eigenvalue weighted by Crippen LogP contribution is 2.53. The van der Waals surface area contributed by atoms with Gasteiger partial charge >= 0.3 is 5.97 Å². The molecule has 0 atom stereocenters. The van der Waals surface area contributed by atoms with Crippen molar-refractivity contribution >= 4 is 33.8 Å². The molecule has 0 aliphatic heterocycles. The first kappa shape index (κ1) is 26.5. The Morgan fingerprint density at radius 3 is 1.55 bits per heavy atom. The summed E-state index contributed by atoms with van der Waals surface area (Å²) in [5.41, 5.74) is 13.4. The monoisotopic (exact) mass is 571 g/mol. The Labute approximate surface area is 258 Å². The molecule has 0 amide bonds. The Morgan fingerprint density at radius 1 is 0.523 bits per heavy atom. The molecule has 3 nitrogen and oxygen atoms in total. The van der Waals surface area contributed by atoms with Crippen molar-refractivity contribution in [3.8, 4) is 22.3 Å². The zero-order chi connectivity index (χ0) is 30.4.